The Balaban J connectivity index is 1.63. The number of aliphatic imine (C=N–C) groups is 2. The first-order valence-corrected chi connectivity index (χ1v) is 11.5. The summed E-state index contributed by atoms with van der Waals surface area (Å²) in [6.45, 7) is 8.50. The van der Waals surface area contributed by atoms with Crippen LogP contribution in [0.2, 0.25) is 0 Å². The van der Waals surface area contributed by atoms with Crippen molar-refractivity contribution in [2.45, 2.75) is 13.5 Å². The van der Waals surface area contributed by atoms with Crippen molar-refractivity contribution in [2.75, 3.05) is 44.9 Å². The van der Waals surface area contributed by atoms with Gasteiger partial charge in [-0.25, -0.2) is 30.4 Å². The zero-order valence-electron chi connectivity index (χ0n) is 21.0. The molecule has 2 N–H and O–H groups in total. The average molecular weight is 508 g/mol. The van der Waals surface area contributed by atoms with Gasteiger partial charge < -0.3 is 14.2 Å². The number of aromatic nitrogens is 6. The highest BCUT2D eigenvalue weighted by Gasteiger charge is 2.23. The third-order valence-electron chi connectivity index (χ3n) is 5.70. The summed E-state index contributed by atoms with van der Waals surface area (Å²) in [5.74, 6) is 1.99. The average Bonchev–Trinajstić information content (AvgIpc) is 3.22. The zero-order chi connectivity index (χ0) is 26.4. The van der Waals surface area contributed by atoms with E-state index in [-0.39, 0.29) is 12.2 Å². The Morgan fingerprint density at radius 3 is 2.68 bits per heavy atom. The topological polar surface area (TPSA) is 159 Å². The zero-order valence-corrected chi connectivity index (χ0v) is 21.0. The summed E-state index contributed by atoms with van der Waals surface area (Å²) in [6.07, 6.45) is 5.97. The van der Waals surface area contributed by atoms with Gasteiger partial charge in [-0.2, -0.15) is 0 Å². The summed E-state index contributed by atoms with van der Waals surface area (Å²) in [5.41, 5.74) is 3.75. The SMILES string of the molecule is C=N/C=C(\C=N/CN(C)Cc1nc2c(N3CCOCC3)nc(-c3cnc(C)nc3)nc2n1C)C(=O)NO. The number of amides is 1. The molecule has 0 saturated carbocycles. The minimum Gasteiger partial charge on any atom is -0.378 e. The van der Waals surface area contributed by atoms with E-state index in [0.29, 0.717) is 55.7 Å². The molecular formula is C23H29N11O3. The molecule has 0 aliphatic carbocycles. The summed E-state index contributed by atoms with van der Waals surface area (Å²) in [7, 11) is 3.79. The minimum absolute atomic E-state index is 0.0756. The Bertz CT molecular complexity index is 1330. The maximum Gasteiger partial charge on any atom is 0.277 e. The number of fused-ring (bicyclic) bond motifs is 1. The number of hydrogen-bond acceptors (Lipinski definition) is 12. The molecule has 0 atom stereocenters. The van der Waals surface area contributed by atoms with E-state index in [1.54, 1.807) is 17.9 Å². The second-order valence-corrected chi connectivity index (χ2v) is 8.42. The molecule has 3 aromatic rings. The number of ether oxygens (including phenoxy) is 1. The Morgan fingerprint density at radius 1 is 1.27 bits per heavy atom. The van der Waals surface area contributed by atoms with Crippen LogP contribution in [0.5, 0.6) is 0 Å². The van der Waals surface area contributed by atoms with Gasteiger partial charge in [-0.3, -0.25) is 24.9 Å². The third kappa shape index (κ3) is 5.99. The normalized spacial score (nSPS) is 14.6. The fraction of sp³-hybridized carbons (Fsp3) is 0.391. The molecule has 14 nitrogen and oxygen atoms in total. The highest BCUT2D eigenvalue weighted by molar-refractivity contribution is 6.11. The van der Waals surface area contributed by atoms with Crippen molar-refractivity contribution in [1.82, 2.24) is 39.9 Å². The number of hydrogen-bond donors (Lipinski definition) is 2. The highest BCUT2D eigenvalue weighted by atomic mass is 16.5. The van der Waals surface area contributed by atoms with Gasteiger partial charge in [0.1, 0.15) is 11.6 Å². The largest absolute Gasteiger partial charge is 0.378 e. The lowest BCUT2D eigenvalue weighted by molar-refractivity contribution is -0.124. The number of hydroxylamine groups is 1. The van der Waals surface area contributed by atoms with Gasteiger partial charge in [-0.15, -0.1) is 0 Å². The number of rotatable bonds is 9. The molecule has 3 aromatic heterocycles. The molecule has 0 aromatic carbocycles. The van der Waals surface area contributed by atoms with Crippen molar-refractivity contribution in [2.24, 2.45) is 17.0 Å². The Labute approximate surface area is 213 Å². The molecule has 0 unspecified atom stereocenters. The van der Waals surface area contributed by atoms with E-state index in [0.717, 1.165) is 17.2 Å². The van der Waals surface area contributed by atoms with Crippen molar-refractivity contribution in [1.29, 1.82) is 0 Å². The summed E-state index contributed by atoms with van der Waals surface area (Å²) in [6, 6.07) is 0. The lowest BCUT2D eigenvalue weighted by Gasteiger charge is -2.28. The fourth-order valence-electron chi connectivity index (χ4n) is 3.75. The van der Waals surface area contributed by atoms with Crippen LogP contribution in [0.1, 0.15) is 11.6 Å². The quantitative estimate of drug-likeness (QED) is 0.181. The number of carbonyl (C=O) groups excluding carboxylic acids is 1. The van der Waals surface area contributed by atoms with Crippen LogP contribution in [-0.4, -0.2) is 98.5 Å². The molecule has 1 amide bonds. The van der Waals surface area contributed by atoms with Crippen molar-refractivity contribution < 1.29 is 14.7 Å². The van der Waals surface area contributed by atoms with Crippen LogP contribution in [-0.2, 0) is 23.1 Å². The molecule has 194 valence electrons. The molecule has 37 heavy (non-hydrogen) atoms. The van der Waals surface area contributed by atoms with E-state index in [9.17, 15) is 4.79 Å². The van der Waals surface area contributed by atoms with Gasteiger partial charge >= 0.3 is 0 Å². The number of carbonyl (C=O) groups is 1. The minimum atomic E-state index is -0.724. The monoisotopic (exact) mass is 507 g/mol. The van der Waals surface area contributed by atoms with E-state index in [1.807, 2.05) is 30.5 Å². The molecule has 1 saturated heterocycles. The van der Waals surface area contributed by atoms with Crippen LogP contribution in [0.4, 0.5) is 5.82 Å². The second kappa shape index (κ2) is 11.7. The van der Waals surface area contributed by atoms with E-state index in [1.165, 1.54) is 12.4 Å². The van der Waals surface area contributed by atoms with Crippen molar-refractivity contribution in [3.63, 3.8) is 0 Å². The molecule has 1 aliphatic heterocycles. The molecule has 1 aliphatic rings. The van der Waals surface area contributed by atoms with Gasteiger partial charge in [0.2, 0.25) is 0 Å². The first kappa shape index (κ1) is 25.9. The molecule has 0 radical (unpaired) electrons. The molecule has 4 heterocycles. The number of nitrogens with zero attached hydrogens (tertiary/aromatic N) is 10. The second-order valence-electron chi connectivity index (χ2n) is 8.42. The van der Waals surface area contributed by atoms with Crippen LogP contribution in [0.15, 0.2) is 34.2 Å². The van der Waals surface area contributed by atoms with Gasteiger partial charge in [0.15, 0.2) is 22.8 Å². The van der Waals surface area contributed by atoms with Gasteiger partial charge in [0.25, 0.3) is 5.91 Å². The van der Waals surface area contributed by atoms with Crippen molar-refractivity contribution in [3.8, 4) is 11.4 Å². The van der Waals surface area contributed by atoms with Crippen LogP contribution < -0.4 is 10.4 Å². The third-order valence-corrected chi connectivity index (χ3v) is 5.70. The summed E-state index contributed by atoms with van der Waals surface area (Å²) >= 11 is 0. The lowest BCUT2D eigenvalue weighted by atomic mass is 10.3. The molecule has 0 bridgehead atoms. The molecule has 4 rings (SSSR count). The maximum atomic E-state index is 11.7. The van der Waals surface area contributed by atoms with E-state index in [2.05, 4.69) is 31.6 Å². The fourth-order valence-corrected chi connectivity index (χ4v) is 3.75. The number of morpholine rings is 1. The standard InChI is InChI=1S/C23H29N11O3/c1-15-26-11-16(12-27-15)20-29-21-19(22(30-20)34-5-7-37-8-6-34)28-18(33(21)4)13-32(3)14-25-10-17(9-24-2)23(35)31-36/h9-12,36H,2,5-8,13-14H2,1,3-4H3,(H,31,35)/b17-9+,25-10-. The van der Waals surface area contributed by atoms with Crippen molar-refractivity contribution >= 4 is 35.8 Å². The van der Waals surface area contributed by atoms with Crippen LogP contribution in [0, 0.1) is 6.92 Å². The summed E-state index contributed by atoms with van der Waals surface area (Å²) < 4.78 is 7.47. The predicted molar refractivity (Wildman–Crippen MR) is 137 cm³/mol. The Hall–Kier alpha value is -4.14. The molecular weight excluding hydrogens is 478 g/mol. The van der Waals surface area contributed by atoms with E-state index >= 15 is 0 Å². The van der Waals surface area contributed by atoms with Gasteiger partial charge in [0, 0.05) is 44.9 Å². The Morgan fingerprint density at radius 2 is 2.00 bits per heavy atom. The maximum absolute atomic E-state index is 11.7. The smallest absolute Gasteiger partial charge is 0.277 e. The summed E-state index contributed by atoms with van der Waals surface area (Å²) in [5, 5.41) is 8.84. The highest BCUT2D eigenvalue weighted by Crippen LogP contribution is 2.28. The van der Waals surface area contributed by atoms with E-state index in [4.69, 9.17) is 24.9 Å². The molecule has 14 heteroatoms. The van der Waals surface area contributed by atoms with Gasteiger partial charge in [-0.1, -0.05) is 0 Å². The summed E-state index contributed by atoms with van der Waals surface area (Å²) in [4.78, 5) is 46.7. The van der Waals surface area contributed by atoms with Crippen LogP contribution in [0.3, 0.4) is 0 Å². The van der Waals surface area contributed by atoms with E-state index < -0.39 is 5.91 Å². The number of aryl methyl sites for hydroxylation is 2. The van der Waals surface area contributed by atoms with Crippen LogP contribution in [0.25, 0.3) is 22.6 Å². The predicted octanol–water partition coefficient (Wildman–Crippen LogP) is 0.515. The number of anilines is 1. The molecule has 1 fully saturated rings. The van der Waals surface area contributed by atoms with Crippen molar-refractivity contribution in [3.05, 3.63) is 35.8 Å². The lowest BCUT2D eigenvalue weighted by Crippen LogP contribution is -2.37. The molecule has 0 spiro atoms. The number of imidazole rings is 1. The first-order valence-electron chi connectivity index (χ1n) is 11.5. The van der Waals surface area contributed by atoms with Gasteiger partial charge in [0.05, 0.1) is 37.6 Å². The first-order chi connectivity index (χ1) is 17.9. The Kier molecular flexibility index (Phi) is 8.22. The van der Waals surface area contributed by atoms with Crippen LogP contribution >= 0.6 is 0 Å². The van der Waals surface area contributed by atoms with Gasteiger partial charge in [-0.05, 0) is 20.7 Å². The number of nitrogens with one attached hydrogen (secondary N) is 1.